The van der Waals surface area contributed by atoms with E-state index in [1.807, 2.05) is 0 Å². The number of aliphatic hydroxyl groups is 1. The molecule has 1 aliphatic heterocycles. The van der Waals surface area contributed by atoms with Gasteiger partial charge >= 0.3 is 0 Å². The van der Waals surface area contributed by atoms with Crippen LogP contribution >= 0.6 is 11.5 Å². The predicted molar refractivity (Wildman–Crippen MR) is 139 cm³/mol. The molecule has 0 spiro atoms. The molecule has 2 heterocycles. The fourth-order valence-corrected chi connectivity index (χ4v) is 6.73. The fraction of sp³-hybridized carbons (Fsp3) is 0.519. The average molecular weight is 465 g/mol. The summed E-state index contributed by atoms with van der Waals surface area (Å²) in [6.45, 7) is 13.7. The van der Waals surface area contributed by atoms with E-state index in [1.165, 1.54) is 26.8 Å². The summed E-state index contributed by atoms with van der Waals surface area (Å²) in [5.41, 5.74) is 3.42. The van der Waals surface area contributed by atoms with Crippen LogP contribution in [-0.4, -0.2) is 60.3 Å². The summed E-state index contributed by atoms with van der Waals surface area (Å²) in [6, 6.07) is 15.6. The summed E-state index contributed by atoms with van der Waals surface area (Å²) >= 11 is 1.60. The highest BCUT2D eigenvalue weighted by Gasteiger charge is 2.50. The predicted octanol–water partition coefficient (Wildman–Crippen LogP) is 4.31. The maximum absolute atomic E-state index is 11.0. The first-order valence-corrected chi connectivity index (χ1v) is 12.8. The lowest BCUT2D eigenvalue weighted by Crippen LogP contribution is -2.48. The number of likely N-dealkylation sites (N-methyl/N-ethyl adjacent to an activating group) is 1. The van der Waals surface area contributed by atoms with Crippen molar-refractivity contribution in [2.24, 2.45) is 0 Å². The van der Waals surface area contributed by atoms with Crippen molar-refractivity contribution in [2.75, 3.05) is 44.7 Å². The van der Waals surface area contributed by atoms with Gasteiger partial charge in [-0.2, -0.15) is 4.37 Å². The van der Waals surface area contributed by atoms with Crippen LogP contribution in [0.25, 0.3) is 10.1 Å². The van der Waals surface area contributed by atoms with E-state index in [-0.39, 0.29) is 23.0 Å². The van der Waals surface area contributed by atoms with Gasteiger partial charge in [0.05, 0.1) is 10.8 Å². The molecular formula is C27H36N4OS. The molecule has 2 unspecified atom stereocenters. The third-order valence-electron chi connectivity index (χ3n) is 8.02. The van der Waals surface area contributed by atoms with E-state index in [2.05, 4.69) is 92.3 Å². The molecule has 2 aromatic carbocycles. The molecule has 0 radical (unpaired) electrons. The number of fused-ring (bicyclic) bond motifs is 2. The number of aliphatic hydroxyl groups excluding tert-OH is 1. The maximum Gasteiger partial charge on any atom is 0.150 e. The van der Waals surface area contributed by atoms with Crippen LogP contribution < -0.4 is 10.2 Å². The van der Waals surface area contributed by atoms with Crippen LogP contribution in [0.15, 0.2) is 42.5 Å². The summed E-state index contributed by atoms with van der Waals surface area (Å²) in [5.74, 6) is 1.14. The van der Waals surface area contributed by atoms with Gasteiger partial charge in [0.2, 0.25) is 0 Å². The first-order chi connectivity index (χ1) is 15.7. The standard InChI is InChI=1S/C27H36N4OS/c1-26(2)20-11-10-18(16-21(20)27(3,4)25(26)32)22(28-5)17-30-12-14-31(15-13-30)24-19-8-6-7-9-23(19)33-29-24/h6-11,16,22,25,28,32H,12-15,17H2,1-5H3. The van der Waals surface area contributed by atoms with Crippen molar-refractivity contribution >= 4 is 27.4 Å². The van der Waals surface area contributed by atoms with Crippen molar-refractivity contribution < 1.29 is 5.11 Å². The second kappa shape index (κ2) is 8.35. The highest BCUT2D eigenvalue weighted by atomic mass is 32.1. The zero-order chi connectivity index (χ0) is 23.4. The van der Waals surface area contributed by atoms with Crippen molar-refractivity contribution in [3.05, 3.63) is 59.2 Å². The molecule has 1 fully saturated rings. The Morgan fingerprint density at radius 1 is 1.03 bits per heavy atom. The van der Waals surface area contributed by atoms with Crippen molar-refractivity contribution in [1.29, 1.82) is 0 Å². The Labute approximate surface area is 201 Å². The minimum absolute atomic E-state index is 0.220. The summed E-state index contributed by atoms with van der Waals surface area (Å²) in [4.78, 5) is 4.99. The van der Waals surface area contributed by atoms with Crippen molar-refractivity contribution in [3.8, 4) is 0 Å². The van der Waals surface area contributed by atoms with E-state index < -0.39 is 0 Å². The average Bonchev–Trinajstić information content (AvgIpc) is 3.31. The molecule has 1 aromatic heterocycles. The molecule has 1 aliphatic carbocycles. The van der Waals surface area contributed by atoms with Gasteiger partial charge in [-0.05, 0) is 47.4 Å². The summed E-state index contributed by atoms with van der Waals surface area (Å²) in [6.07, 6.45) is -0.377. The highest BCUT2D eigenvalue weighted by Crippen LogP contribution is 2.50. The molecule has 2 aliphatic rings. The Morgan fingerprint density at radius 3 is 2.45 bits per heavy atom. The lowest BCUT2D eigenvalue weighted by atomic mass is 9.78. The number of nitrogens with one attached hydrogen (secondary N) is 1. The van der Waals surface area contributed by atoms with Gasteiger partial charge in [0.1, 0.15) is 5.82 Å². The Kier molecular flexibility index (Phi) is 5.76. The second-order valence-electron chi connectivity index (χ2n) is 10.8. The summed E-state index contributed by atoms with van der Waals surface area (Å²) in [5, 5.41) is 15.8. The number of piperazine rings is 1. The first kappa shape index (κ1) is 22.8. The first-order valence-electron chi connectivity index (χ1n) is 12.1. The van der Waals surface area contributed by atoms with E-state index in [4.69, 9.17) is 4.37 Å². The molecule has 3 aromatic rings. The van der Waals surface area contributed by atoms with Crippen molar-refractivity contribution in [2.45, 2.75) is 50.7 Å². The SMILES string of the molecule is CNC(CN1CCN(c2nsc3ccccc23)CC1)c1ccc2c(c1)C(C)(C)C(O)C2(C)C. The Balaban J connectivity index is 1.29. The monoisotopic (exact) mass is 464 g/mol. The second-order valence-corrected chi connectivity index (χ2v) is 11.6. The quantitative estimate of drug-likeness (QED) is 0.589. The van der Waals surface area contributed by atoms with E-state index in [0.717, 1.165) is 38.5 Å². The molecule has 176 valence electrons. The molecule has 0 bridgehead atoms. The largest absolute Gasteiger partial charge is 0.391 e. The Morgan fingerprint density at radius 2 is 1.73 bits per heavy atom. The number of benzene rings is 2. The smallest absolute Gasteiger partial charge is 0.150 e. The van der Waals surface area contributed by atoms with Crippen LogP contribution in [0.3, 0.4) is 0 Å². The third kappa shape index (κ3) is 3.77. The van der Waals surface area contributed by atoms with Gasteiger partial charge in [0.25, 0.3) is 0 Å². The maximum atomic E-state index is 11.0. The minimum Gasteiger partial charge on any atom is -0.391 e. The van der Waals surface area contributed by atoms with E-state index in [0.29, 0.717) is 0 Å². The summed E-state index contributed by atoms with van der Waals surface area (Å²) in [7, 11) is 2.06. The molecule has 0 amide bonds. The molecule has 5 rings (SSSR count). The topological polar surface area (TPSA) is 51.6 Å². The number of hydrogen-bond donors (Lipinski definition) is 2. The minimum atomic E-state index is -0.377. The van der Waals surface area contributed by atoms with Gasteiger partial charge in [0, 0.05) is 55.0 Å². The number of rotatable bonds is 5. The lowest BCUT2D eigenvalue weighted by Gasteiger charge is -2.37. The van der Waals surface area contributed by atoms with Gasteiger partial charge in [-0.3, -0.25) is 4.90 Å². The van der Waals surface area contributed by atoms with Crippen LogP contribution in [-0.2, 0) is 10.8 Å². The molecule has 2 atom stereocenters. The van der Waals surface area contributed by atoms with Gasteiger partial charge in [-0.15, -0.1) is 0 Å². The lowest BCUT2D eigenvalue weighted by molar-refractivity contribution is 0.0566. The molecule has 0 saturated carbocycles. The zero-order valence-corrected chi connectivity index (χ0v) is 21.2. The number of anilines is 1. The van der Waals surface area contributed by atoms with Crippen molar-refractivity contribution in [3.63, 3.8) is 0 Å². The van der Waals surface area contributed by atoms with Crippen molar-refractivity contribution in [1.82, 2.24) is 14.6 Å². The third-order valence-corrected chi connectivity index (χ3v) is 8.84. The van der Waals surface area contributed by atoms with Crippen LogP contribution in [0.2, 0.25) is 0 Å². The molecule has 6 heteroatoms. The molecular weight excluding hydrogens is 428 g/mol. The normalized spacial score (nSPS) is 23.1. The Hall–Kier alpha value is -1.99. The van der Waals surface area contributed by atoms with Crippen LogP contribution in [0, 0.1) is 0 Å². The number of nitrogens with zero attached hydrogens (tertiary/aromatic N) is 3. The number of hydrogen-bond acceptors (Lipinski definition) is 6. The zero-order valence-electron chi connectivity index (χ0n) is 20.4. The van der Waals surface area contributed by atoms with Gasteiger partial charge in [-0.25, -0.2) is 0 Å². The van der Waals surface area contributed by atoms with Crippen LogP contribution in [0.4, 0.5) is 5.82 Å². The van der Waals surface area contributed by atoms with Gasteiger partial charge in [0.15, 0.2) is 0 Å². The fourth-order valence-electron chi connectivity index (χ4n) is 5.93. The Bertz CT molecular complexity index is 1150. The molecule has 33 heavy (non-hydrogen) atoms. The molecule has 2 N–H and O–H groups in total. The van der Waals surface area contributed by atoms with Gasteiger partial charge < -0.3 is 15.3 Å². The van der Waals surface area contributed by atoms with Gasteiger partial charge in [-0.1, -0.05) is 58.0 Å². The van der Waals surface area contributed by atoms with E-state index in [1.54, 1.807) is 11.5 Å². The summed E-state index contributed by atoms with van der Waals surface area (Å²) < 4.78 is 6.01. The van der Waals surface area contributed by atoms with Crippen LogP contribution in [0.1, 0.15) is 50.4 Å². The molecule has 1 saturated heterocycles. The van der Waals surface area contributed by atoms with Crippen LogP contribution in [0.5, 0.6) is 0 Å². The number of aromatic nitrogens is 1. The van der Waals surface area contributed by atoms with E-state index in [9.17, 15) is 5.11 Å². The highest BCUT2D eigenvalue weighted by molar-refractivity contribution is 7.13. The van der Waals surface area contributed by atoms with E-state index >= 15 is 0 Å². The molecule has 5 nitrogen and oxygen atoms in total.